The number of rotatable bonds is 7. The van der Waals surface area contributed by atoms with Crippen LogP contribution in [0.2, 0.25) is 0 Å². The van der Waals surface area contributed by atoms with Gasteiger partial charge in [-0.3, -0.25) is 4.79 Å². The third-order valence-corrected chi connectivity index (χ3v) is 3.54. The number of carbonyl (C=O) groups is 1. The summed E-state index contributed by atoms with van der Waals surface area (Å²) in [6, 6.07) is 2.44. The van der Waals surface area contributed by atoms with Gasteiger partial charge in [-0.2, -0.15) is 0 Å². The number of hydrogen-bond acceptors (Lipinski definition) is 1. The van der Waals surface area contributed by atoms with Gasteiger partial charge in [-0.15, -0.1) is 0 Å². The van der Waals surface area contributed by atoms with E-state index in [9.17, 15) is 4.79 Å². The molecule has 0 fully saturated rings. The van der Waals surface area contributed by atoms with Crippen LogP contribution in [0.15, 0.2) is 18.5 Å². The van der Waals surface area contributed by atoms with Crippen molar-refractivity contribution in [1.82, 2.24) is 4.57 Å². The maximum atomic E-state index is 11.7. The van der Waals surface area contributed by atoms with Crippen LogP contribution in [0.25, 0.3) is 0 Å². The summed E-state index contributed by atoms with van der Waals surface area (Å²) in [6.07, 6.45) is 8.02. The lowest BCUT2D eigenvalue weighted by Crippen LogP contribution is -2.03. The third kappa shape index (κ3) is 3.92. The second-order valence-corrected chi connectivity index (χ2v) is 5.28. The molecule has 0 aliphatic heterocycles. The summed E-state index contributed by atoms with van der Waals surface area (Å²) in [5.74, 6) is 0.266. The first-order valence-corrected chi connectivity index (χ1v) is 7.48. The molecule has 0 unspecified atom stereocenters. The number of Topliss-reactive ketones (excluding diaryl/α,β-unsaturated/α-hetero) is 1. The first-order chi connectivity index (χ1) is 7.69. The molecule has 1 rings (SSSR count). The van der Waals surface area contributed by atoms with Crippen LogP contribution < -0.4 is 0 Å². The van der Waals surface area contributed by atoms with Crippen LogP contribution in [0.1, 0.15) is 55.9 Å². The second kappa shape index (κ2) is 7.09. The predicted molar refractivity (Wildman–Crippen MR) is 76.5 cm³/mol. The van der Waals surface area contributed by atoms with Crippen molar-refractivity contribution < 1.29 is 4.79 Å². The van der Waals surface area contributed by atoms with E-state index in [0.29, 0.717) is 12.5 Å². The third-order valence-electron chi connectivity index (χ3n) is 2.78. The standard InChI is InChI=1S/C13H20INO/c1-3-5-13(16)12-7-9-15(10-12)11(2)6-4-8-14/h7,9-11H,3-6,8H2,1-2H3/t11-/m1/s1. The minimum absolute atomic E-state index is 0.266. The largest absolute Gasteiger partial charge is 0.351 e. The Bertz CT molecular complexity index is 332. The molecule has 1 aromatic rings. The smallest absolute Gasteiger partial charge is 0.164 e. The van der Waals surface area contributed by atoms with Gasteiger partial charge in [-0.1, -0.05) is 29.5 Å². The molecular formula is C13H20INO. The molecule has 1 heterocycles. The minimum Gasteiger partial charge on any atom is -0.351 e. The Morgan fingerprint density at radius 2 is 2.31 bits per heavy atom. The van der Waals surface area contributed by atoms with Crippen LogP contribution in [0, 0.1) is 0 Å². The van der Waals surface area contributed by atoms with E-state index in [4.69, 9.17) is 0 Å². The molecule has 0 aromatic carbocycles. The molecule has 1 atom stereocenters. The lowest BCUT2D eigenvalue weighted by atomic mass is 10.1. The first-order valence-electron chi connectivity index (χ1n) is 5.95. The van der Waals surface area contributed by atoms with E-state index in [0.717, 1.165) is 12.0 Å². The van der Waals surface area contributed by atoms with Crippen molar-refractivity contribution in [2.45, 2.75) is 45.6 Å². The predicted octanol–water partition coefficient (Wildman–Crippen LogP) is 4.25. The summed E-state index contributed by atoms with van der Waals surface area (Å²) in [5.41, 5.74) is 0.864. The molecule has 0 bridgehead atoms. The van der Waals surface area contributed by atoms with Crippen LogP contribution in [0.4, 0.5) is 0 Å². The zero-order valence-corrected chi connectivity index (χ0v) is 12.2. The fraction of sp³-hybridized carbons (Fsp3) is 0.615. The topological polar surface area (TPSA) is 22.0 Å². The first kappa shape index (κ1) is 13.7. The highest BCUT2D eigenvalue weighted by Crippen LogP contribution is 2.16. The molecule has 1 aromatic heterocycles. The Hall–Kier alpha value is -0.320. The summed E-state index contributed by atoms with van der Waals surface area (Å²) < 4.78 is 3.36. The highest BCUT2D eigenvalue weighted by Gasteiger charge is 2.09. The zero-order valence-electron chi connectivity index (χ0n) is 10.1. The van der Waals surface area contributed by atoms with Gasteiger partial charge in [-0.25, -0.2) is 0 Å². The van der Waals surface area contributed by atoms with Crippen molar-refractivity contribution in [3.8, 4) is 0 Å². The minimum atomic E-state index is 0.266. The summed E-state index contributed by atoms with van der Waals surface area (Å²) in [7, 11) is 0. The fourth-order valence-corrected chi connectivity index (χ4v) is 2.19. The molecule has 0 saturated heterocycles. The number of carbonyl (C=O) groups excluding carboxylic acids is 1. The van der Waals surface area contributed by atoms with Gasteiger partial charge in [0.15, 0.2) is 5.78 Å². The Kier molecular flexibility index (Phi) is 6.09. The monoisotopic (exact) mass is 333 g/mol. The molecule has 2 nitrogen and oxygen atoms in total. The van der Waals surface area contributed by atoms with Crippen LogP contribution in [0.5, 0.6) is 0 Å². The van der Waals surface area contributed by atoms with Gasteiger partial charge in [-0.05, 0) is 36.7 Å². The fourth-order valence-electron chi connectivity index (χ4n) is 1.75. The number of ketones is 1. The number of halogens is 1. The highest BCUT2D eigenvalue weighted by atomic mass is 127. The van der Waals surface area contributed by atoms with E-state index in [1.54, 1.807) is 0 Å². The lowest BCUT2D eigenvalue weighted by Gasteiger charge is -2.12. The summed E-state index contributed by atoms with van der Waals surface area (Å²) in [4.78, 5) is 11.7. The number of aromatic nitrogens is 1. The second-order valence-electron chi connectivity index (χ2n) is 4.20. The molecule has 0 radical (unpaired) electrons. The van der Waals surface area contributed by atoms with Crippen molar-refractivity contribution in [1.29, 1.82) is 0 Å². The van der Waals surface area contributed by atoms with Gasteiger partial charge in [0.05, 0.1) is 0 Å². The Labute approximate surface area is 112 Å². The van der Waals surface area contributed by atoms with E-state index >= 15 is 0 Å². The number of hydrogen-bond donors (Lipinski definition) is 0. The SMILES string of the molecule is CCCC(=O)c1ccn([C@H](C)CCCI)c1. The van der Waals surface area contributed by atoms with Gasteiger partial charge in [0.1, 0.15) is 0 Å². The average molecular weight is 333 g/mol. The van der Waals surface area contributed by atoms with Crippen LogP contribution in [-0.2, 0) is 0 Å². The molecule has 16 heavy (non-hydrogen) atoms. The van der Waals surface area contributed by atoms with Gasteiger partial charge in [0.25, 0.3) is 0 Å². The average Bonchev–Trinajstić information content (AvgIpc) is 2.75. The van der Waals surface area contributed by atoms with Crippen LogP contribution in [-0.4, -0.2) is 14.8 Å². The van der Waals surface area contributed by atoms with E-state index < -0.39 is 0 Å². The summed E-state index contributed by atoms with van der Waals surface area (Å²) in [5, 5.41) is 0. The molecule has 90 valence electrons. The van der Waals surface area contributed by atoms with Crippen molar-refractivity contribution in [3.05, 3.63) is 24.0 Å². The summed E-state index contributed by atoms with van der Waals surface area (Å²) in [6.45, 7) is 4.25. The molecule has 0 N–H and O–H groups in total. The maximum absolute atomic E-state index is 11.7. The number of nitrogens with zero attached hydrogens (tertiary/aromatic N) is 1. The number of alkyl halides is 1. The molecule has 3 heteroatoms. The molecule has 0 aliphatic carbocycles. The van der Waals surface area contributed by atoms with Crippen molar-refractivity contribution in [3.63, 3.8) is 0 Å². The van der Waals surface area contributed by atoms with Crippen LogP contribution >= 0.6 is 22.6 Å². The summed E-state index contributed by atoms with van der Waals surface area (Å²) >= 11 is 2.40. The molecule has 0 aliphatic rings. The normalized spacial score (nSPS) is 12.7. The van der Waals surface area contributed by atoms with E-state index in [1.807, 2.05) is 25.4 Å². The van der Waals surface area contributed by atoms with Crippen molar-refractivity contribution >= 4 is 28.4 Å². The van der Waals surface area contributed by atoms with E-state index in [2.05, 4.69) is 34.1 Å². The van der Waals surface area contributed by atoms with Gasteiger partial charge in [0.2, 0.25) is 0 Å². The molecule has 0 amide bonds. The quantitative estimate of drug-likeness (QED) is 0.415. The Balaban J connectivity index is 2.59. The molecule has 0 saturated carbocycles. The lowest BCUT2D eigenvalue weighted by molar-refractivity contribution is 0.0981. The highest BCUT2D eigenvalue weighted by molar-refractivity contribution is 14.1. The van der Waals surface area contributed by atoms with Gasteiger partial charge < -0.3 is 4.57 Å². The zero-order chi connectivity index (χ0) is 12.0. The van der Waals surface area contributed by atoms with Gasteiger partial charge >= 0.3 is 0 Å². The van der Waals surface area contributed by atoms with Crippen LogP contribution in [0.3, 0.4) is 0 Å². The Morgan fingerprint density at radius 3 is 2.94 bits per heavy atom. The van der Waals surface area contributed by atoms with Crippen molar-refractivity contribution in [2.75, 3.05) is 4.43 Å². The van der Waals surface area contributed by atoms with E-state index in [1.165, 1.54) is 17.3 Å². The maximum Gasteiger partial charge on any atom is 0.164 e. The Morgan fingerprint density at radius 1 is 1.56 bits per heavy atom. The molecule has 0 spiro atoms. The molecular weight excluding hydrogens is 313 g/mol. The van der Waals surface area contributed by atoms with Crippen molar-refractivity contribution in [2.24, 2.45) is 0 Å². The van der Waals surface area contributed by atoms with E-state index in [-0.39, 0.29) is 5.78 Å². The van der Waals surface area contributed by atoms with Gasteiger partial charge in [0, 0.05) is 30.4 Å².